The molecule has 104 valence electrons. The summed E-state index contributed by atoms with van der Waals surface area (Å²) < 4.78 is 0. The first-order valence-electron chi connectivity index (χ1n) is 6.28. The van der Waals surface area contributed by atoms with Gasteiger partial charge in [0, 0.05) is 17.9 Å². The standard InChI is InChI=1S/C14H17N5O/c1-9(2)18-13-12(7-15)14(17-8-16-13)19-10-3-5-11(20)6-4-10/h3-9,15,20H,1-2H3,(H2,16,17,18,19). The average Bonchev–Trinajstić information content (AvgIpc) is 2.41. The number of hydrogen-bond acceptors (Lipinski definition) is 6. The van der Waals surface area contributed by atoms with E-state index >= 15 is 0 Å². The van der Waals surface area contributed by atoms with Crippen molar-refractivity contribution < 1.29 is 5.11 Å². The summed E-state index contributed by atoms with van der Waals surface area (Å²) in [4.78, 5) is 8.31. The van der Waals surface area contributed by atoms with Crippen LogP contribution in [0.4, 0.5) is 17.3 Å². The molecule has 1 aromatic heterocycles. The first kappa shape index (κ1) is 13.8. The third-order valence-corrected chi connectivity index (χ3v) is 2.58. The van der Waals surface area contributed by atoms with Gasteiger partial charge in [-0.15, -0.1) is 0 Å². The van der Waals surface area contributed by atoms with Crippen LogP contribution in [0.2, 0.25) is 0 Å². The lowest BCUT2D eigenvalue weighted by Crippen LogP contribution is -2.14. The van der Waals surface area contributed by atoms with Gasteiger partial charge < -0.3 is 21.1 Å². The van der Waals surface area contributed by atoms with Crippen LogP contribution in [-0.4, -0.2) is 27.3 Å². The minimum Gasteiger partial charge on any atom is -0.508 e. The van der Waals surface area contributed by atoms with Gasteiger partial charge in [0.25, 0.3) is 0 Å². The summed E-state index contributed by atoms with van der Waals surface area (Å²) in [6, 6.07) is 6.86. The zero-order valence-corrected chi connectivity index (χ0v) is 11.4. The van der Waals surface area contributed by atoms with E-state index in [1.807, 2.05) is 13.8 Å². The fourth-order valence-electron chi connectivity index (χ4n) is 1.70. The van der Waals surface area contributed by atoms with E-state index in [0.29, 0.717) is 17.2 Å². The highest BCUT2D eigenvalue weighted by Crippen LogP contribution is 2.23. The van der Waals surface area contributed by atoms with Gasteiger partial charge in [0.15, 0.2) is 0 Å². The number of anilines is 3. The fourth-order valence-corrected chi connectivity index (χ4v) is 1.70. The molecule has 0 unspecified atom stereocenters. The summed E-state index contributed by atoms with van der Waals surface area (Å²) in [7, 11) is 0. The van der Waals surface area contributed by atoms with E-state index in [1.54, 1.807) is 24.3 Å². The Morgan fingerprint density at radius 2 is 1.80 bits per heavy atom. The number of aromatic hydroxyl groups is 1. The smallest absolute Gasteiger partial charge is 0.144 e. The third kappa shape index (κ3) is 3.23. The molecule has 20 heavy (non-hydrogen) atoms. The number of hydrogen-bond donors (Lipinski definition) is 4. The van der Waals surface area contributed by atoms with Crippen LogP contribution in [0.15, 0.2) is 30.6 Å². The molecule has 0 amide bonds. The molecule has 0 atom stereocenters. The van der Waals surface area contributed by atoms with Crippen molar-refractivity contribution in [2.45, 2.75) is 19.9 Å². The molecule has 1 heterocycles. The molecular weight excluding hydrogens is 254 g/mol. The summed E-state index contributed by atoms with van der Waals surface area (Å²) in [6.45, 7) is 4.01. The second kappa shape index (κ2) is 6.01. The lowest BCUT2D eigenvalue weighted by Gasteiger charge is -2.14. The van der Waals surface area contributed by atoms with Crippen molar-refractivity contribution in [2.24, 2.45) is 0 Å². The van der Waals surface area contributed by atoms with Gasteiger partial charge in [0.2, 0.25) is 0 Å². The van der Waals surface area contributed by atoms with Crippen molar-refractivity contribution in [3.05, 3.63) is 36.2 Å². The number of nitrogens with one attached hydrogen (secondary N) is 3. The molecule has 0 aliphatic carbocycles. The van der Waals surface area contributed by atoms with Gasteiger partial charge in [-0.3, -0.25) is 0 Å². The maximum absolute atomic E-state index is 9.27. The van der Waals surface area contributed by atoms with Gasteiger partial charge in [-0.1, -0.05) is 0 Å². The molecular formula is C14H17N5O. The molecule has 0 fully saturated rings. The number of nitrogens with zero attached hydrogens (tertiary/aromatic N) is 2. The van der Waals surface area contributed by atoms with Gasteiger partial charge >= 0.3 is 0 Å². The fraction of sp³-hybridized carbons (Fsp3) is 0.214. The van der Waals surface area contributed by atoms with Crippen LogP contribution in [0.3, 0.4) is 0 Å². The van der Waals surface area contributed by atoms with Crippen molar-refractivity contribution in [1.29, 1.82) is 5.41 Å². The quantitative estimate of drug-likeness (QED) is 0.495. The molecule has 0 saturated heterocycles. The van der Waals surface area contributed by atoms with Gasteiger partial charge in [-0.2, -0.15) is 0 Å². The van der Waals surface area contributed by atoms with Gasteiger partial charge in [0.1, 0.15) is 23.7 Å². The van der Waals surface area contributed by atoms with Crippen LogP contribution in [0.25, 0.3) is 0 Å². The van der Waals surface area contributed by atoms with Crippen LogP contribution in [0, 0.1) is 5.41 Å². The lowest BCUT2D eigenvalue weighted by molar-refractivity contribution is 0.475. The van der Waals surface area contributed by atoms with E-state index in [0.717, 1.165) is 5.69 Å². The van der Waals surface area contributed by atoms with Crippen LogP contribution in [0.5, 0.6) is 5.75 Å². The molecule has 1 aromatic carbocycles. The van der Waals surface area contributed by atoms with Gasteiger partial charge in [-0.25, -0.2) is 9.97 Å². The predicted molar refractivity (Wildman–Crippen MR) is 80.1 cm³/mol. The van der Waals surface area contributed by atoms with Crippen molar-refractivity contribution in [3.8, 4) is 5.75 Å². The summed E-state index contributed by atoms with van der Waals surface area (Å²) in [6.07, 6.45) is 2.66. The zero-order chi connectivity index (χ0) is 14.5. The first-order valence-corrected chi connectivity index (χ1v) is 6.28. The van der Waals surface area contributed by atoms with Crippen LogP contribution in [0.1, 0.15) is 19.4 Å². The Morgan fingerprint density at radius 1 is 1.15 bits per heavy atom. The Bertz CT molecular complexity index is 595. The second-order valence-corrected chi connectivity index (χ2v) is 4.60. The molecule has 6 nitrogen and oxygen atoms in total. The van der Waals surface area contributed by atoms with Crippen molar-refractivity contribution >= 4 is 23.5 Å². The largest absolute Gasteiger partial charge is 0.508 e. The number of benzene rings is 1. The molecule has 4 N–H and O–H groups in total. The van der Waals surface area contributed by atoms with E-state index in [-0.39, 0.29) is 11.8 Å². The van der Waals surface area contributed by atoms with Crippen LogP contribution >= 0.6 is 0 Å². The van der Waals surface area contributed by atoms with E-state index < -0.39 is 0 Å². The molecule has 0 aliphatic rings. The van der Waals surface area contributed by atoms with Crippen molar-refractivity contribution in [2.75, 3.05) is 10.6 Å². The molecule has 0 spiro atoms. The monoisotopic (exact) mass is 271 g/mol. The molecule has 6 heteroatoms. The normalized spacial score (nSPS) is 10.3. The maximum Gasteiger partial charge on any atom is 0.144 e. The molecule has 2 aromatic rings. The number of aromatic nitrogens is 2. The summed E-state index contributed by atoms with van der Waals surface area (Å²) in [5, 5.41) is 23.1. The third-order valence-electron chi connectivity index (χ3n) is 2.58. The zero-order valence-electron chi connectivity index (χ0n) is 11.4. The topological polar surface area (TPSA) is 93.9 Å². The van der Waals surface area contributed by atoms with E-state index in [9.17, 15) is 5.11 Å². The number of phenolic OH excluding ortho intramolecular Hbond substituents is 1. The van der Waals surface area contributed by atoms with Gasteiger partial charge in [0.05, 0.1) is 5.56 Å². The summed E-state index contributed by atoms with van der Waals surface area (Å²) in [5.41, 5.74) is 1.37. The molecule has 0 radical (unpaired) electrons. The van der Waals surface area contributed by atoms with Crippen molar-refractivity contribution in [1.82, 2.24) is 9.97 Å². The maximum atomic E-state index is 9.27. The molecule has 0 saturated carbocycles. The lowest BCUT2D eigenvalue weighted by atomic mass is 10.2. The Hall–Kier alpha value is -2.63. The summed E-state index contributed by atoms with van der Waals surface area (Å²) in [5.74, 6) is 1.36. The van der Waals surface area contributed by atoms with Crippen LogP contribution in [-0.2, 0) is 0 Å². The van der Waals surface area contributed by atoms with Gasteiger partial charge in [-0.05, 0) is 38.1 Å². The highest BCUT2D eigenvalue weighted by atomic mass is 16.3. The molecule has 0 bridgehead atoms. The first-order chi connectivity index (χ1) is 9.60. The summed E-state index contributed by atoms with van der Waals surface area (Å²) >= 11 is 0. The van der Waals surface area contributed by atoms with Crippen LogP contribution < -0.4 is 10.6 Å². The minimum atomic E-state index is 0.202. The average molecular weight is 271 g/mol. The Balaban J connectivity index is 2.31. The number of rotatable bonds is 5. The van der Waals surface area contributed by atoms with E-state index in [4.69, 9.17) is 5.41 Å². The Kier molecular flexibility index (Phi) is 4.14. The minimum absolute atomic E-state index is 0.202. The van der Waals surface area contributed by atoms with E-state index in [2.05, 4.69) is 20.6 Å². The Labute approximate surface area is 117 Å². The van der Waals surface area contributed by atoms with E-state index in [1.165, 1.54) is 12.5 Å². The SMILES string of the molecule is CC(C)Nc1ncnc(Nc2ccc(O)cc2)c1C=N. The number of phenols is 1. The highest BCUT2D eigenvalue weighted by molar-refractivity contribution is 5.91. The van der Waals surface area contributed by atoms with Crippen molar-refractivity contribution in [3.63, 3.8) is 0 Å². The Morgan fingerprint density at radius 3 is 2.40 bits per heavy atom. The predicted octanol–water partition coefficient (Wildman–Crippen LogP) is 2.74. The molecule has 2 rings (SSSR count). The highest BCUT2D eigenvalue weighted by Gasteiger charge is 2.10. The second-order valence-electron chi connectivity index (χ2n) is 4.60. The molecule has 0 aliphatic heterocycles.